The maximum atomic E-state index is 13.7. The predicted octanol–water partition coefficient (Wildman–Crippen LogP) is 4.30. The third-order valence-electron chi connectivity index (χ3n) is 8.43. The van der Waals surface area contributed by atoms with Crippen LogP contribution >= 0.6 is 0 Å². The second kappa shape index (κ2) is 8.60. The lowest BCUT2D eigenvalue weighted by Crippen LogP contribution is -2.56. The fourth-order valence-corrected chi connectivity index (χ4v) is 6.03. The van der Waals surface area contributed by atoms with Crippen LogP contribution < -0.4 is 9.64 Å². The molecule has 3 fully saturated rings. The zero-order valence-electron chi connectivity index (χ0n) is 20.0. The molecule has 2 aromatic rings. The molecule has 2 saturated carbocycles. The minimum absolute atomic E-state index is 0.00500. The first-order valence-electron chi connectivity index (χ1n) is 12.2. The van der Waals surface area contributed by atoms with Gasteiger partial charge in [0.1, 0.15) is 0 Å². The van der Waals surface area contributed by atoms with E-state index in [0.29, 0.717) is 24.2 Å². The van der Waals surface area contributed by atoms with Crippen LogP contribution in [0.15, 0.2) is 42.7 Å². The van der Waals surface area contributed by atoms with Gasteiger partial charge in [-0.05, 0) is 64.1 Å². The quantitative estimate of drug-likeness (QED) is 0.658. The van der Waals surface area contributed by atoms with Crippen LogP contribution in [-0.4, -0.2) is 65.6 Å². The first-order chi connectivity index (χ1) is 16.0. The third-order valence-corrected chi connectivity index (χ3v) is 8.43. The van der Waals surface area contributed by atoms with Crippen LogP contribution in [0.25, 0.3) is 0 Å². The second-order valence-electron chi connectivity index (χ2n) is 10.2. The fraction of sp³-hybridized carbons (Fsp3) is 0.577. The second-order valence-corrected chi connectivity index (χ2v) is 10.2. The van der Waals surface area contributed by atoms with E-state index in [-0.39, 0.29) is 17.1 Å². The van der Waals surface area contributed by atoms with E-state index in [9.17, 15) is 4.79 Å². The molecule has 7 heteroatoms. The standard InChI is InChI=1S/C26H35N5O2/c1-29(2)26(21-10-5-4-6-11-21)14-12-25(13-15-26)19-30(22-16-28-23(33-3)17-27-22)24(32)31(25)18-20-8-7-9-20/h4-6,10-11,16-17,20H,7-9,12-15,18-19H2,1-3H3/t25-,26+. The highest BCUT2D eigenvalue weighted by Crippen LogP contribution is 2.50. The van der Waals surface area contributed by atoms with Crippen LogP contribution in [0.5, 0.6) is 5.88 Å². The maximum absolute atomic E-state index is 13.7. The van der Waals surface area contributed by atoms with Gasteiger partial charge in [0.05, 0.1) is 31.6 Å². The molecule has 0 unspecified atom stereocenters. The number of carbonyl (C=O) groups excluding carboxylic acids is 1. The van der Waals surface area contributed by atoms with Gasteiger partial charge in [0.25, 0.3) is 0 Å². The van der Waals surface area contributed by atoms with Crippen LogP contribution in [0.4, 0.5) is 10.6 Å². The molecule has 0 radical (unpaired) electrons. The Labute approximate surface area is 196 Å². The summed E-state index contributed by atoms with van der Waals surface area (Å²) in [6, 6.07) is 10.9. The number of hydrogen-bond donors (Lipinski definition) is 0. The highest BCUT2D eigenvalue weighted by Gasteiger charge is 2.55. The Morgan fingerprint density at radius 3 is 2.33 bits per heavy atom. The fourth-order valence-electron chi connectivity index (χ4n) is 6.03. The number of anilines is 1. The van der Waals surface area contributed by atoms with E-state index in [2.05, 4.69) is 64.2 Å². The minimum Gasteiger partial charge on any atom is -0.480 e. The highest BCUT2D eigenvalue weighted by atomic mass is 16.5. The van der Waals surface area contributed by atoms with Crippen molar-refractivity contribution in [2.24, 2.45) is 5.92 Å². The molecule has 0 atom stereocenters. The van der Waals surface area contributed by atoms with Crippen molar-refractivity contribution in [2.75, 3.05) is 39.2 Å². The van der Waals surface area contributed by atoms with Crippen LogP contribution in [0.1, 0.15) is 50.5 Å². The zero-order valence-corrected chi connectivity index (χ0v) is 20.0. The molecule has 2 amide bonds. The van der Waals surface area contributed by atoms with Crippen LogP contribution in [0.3, 0.4) is 0 Å². The summed E-state index contributed by atoms with van der Waals surface area (Å²) in [7, 11) is 5.96. The molecule has 33 heavy (non-hydrogen) atoms. The average molecular weight is 450 g/mol. The van der Waals surface area contributed by atoms with Crippen molar-refractivity contribution in [3.8, 4) is 5.88 Å². The van der Waals surface area contributed by atoms with Crippen molar-refractivity contribution in [1.29, 1.82) is 0 Å². The summed E-state index contributed by atoms with van der Waals surface area (Å²) in [6.07, 6.45) is 11.0. The number of rotatable bonds is 6. The van der Waals surface area contributed by atoms with Gasteiger partial charge in [0.15, 0.2) is 5.82 Å². The molecule has 2 aliphatic carbocycles. The first kappa shape index (κ1) is 22.1. The molecule has 0 bridgehead atoms. The van der Waals surface area contributed by atoms with Crippen LogP contribution in [-0.2, 0) is 5.54 Å². The van der Waals surface area contributed by atoms with E-state index in [4.69, 9.17) is 4.74 Å². The van der Waals surface area contributed by atoms with Gasteiger partial charge in [-0.2, -0.15) is 0 Å². The monoisotopic (exact) mass is 449 g/mol. The summed E-state index contributed by atoms with van der Waals surface area (Å²) in [5.41, 5.74) is 1.23. The molecule has 1 aromatic heterocycles. The average Bonchev–Trinajstić information content (AvgIpc) is 3.08. The van der Waals surface area contributed by atoms with Crippen molar-refractivity contribution >= 4 is 11.8 Å². The molecule has 1 saturated heterocycles. The Kier molecular flexibility index (Phi) is 5.77. The summed E-state index contributed by atoms with van der Waals surface area (Å²) in [5.74, 6) is 1.70. The molecular weight excluding hydrogens is 414 g/mol. The van der Waals surface area contributed by atoms with E-state index >= 15 is 0 Å². The van der Waals surface area contributed by atoms with Gasteiger partial charge in [0.2, 0.25) is 5.88 Å². The molecule has 0 N–H and O–H groups in total. The number of methoxy groups -OCH3 is 1. The van der Waals surface area contributed by atoms with Gasteiger partial charge in [-0.25, -0.2) is 14.8 Å². The Morgan fingerprint density at radius 1 is 1.06 bits per heavy atom. The highest BCUT2D eigenvalue weighted by molar-refractivity contribution is 5.94. The van der Waals surface area contributed by atoms with E-state index in [1.807, 2.05) is 4.90 Å². The Hall–Kier alpha value is -2.67. The summed E-state index contributed by atoms with van der Waals surface area (Å²) >= 11 is 0. The van der Waals surface area contributed by atoms with Crippen molar-refractivity contribution in [2.45, 2.75) is 56.0 Å². The molecule has 5 rings (SSSR count). The maximum Gasteiger partial charge on any atom is 0.326 e. The molecule has 7 nitrogen and oxygen atoms in total. The lowest BCUT2D eigenvalue weighted by atomic mass is 9.68. The lowest BCUT2D eigenvalue weighted by molar-refractivity contribution is 0.0172. The Balaban J connectivity index is 1.44. The number of amides is 2. The van der Waals surface area contributed by atoms with Gasteiger partial charge in [-0.3, -0.25) is 9.80 Å². The number of urea groups is 1. The zero-order chi connectivity index (χ0) is 23.1. The number of hydrogen-bond acceptors (Lipinski definition) is 5. The van der Waals surface area contributed by atoms with Gasteiger partial charge in [-0.15, -0.1) is 0 Å². The minimum atomic E-state index is -0.150. The van der Waals surface area contributed by atoms with Gasteiger partial charge >= 0.3 is 6.03 Å². The van der Waals surface area contributed by atoms with Crippen molar-refractivity contribution < 1.29 is 9.53 Å². The van der Waals surface area contributed by atoms with Crippen LogP contribution in [0.2, 0.25) is 0 Å². The predicted molar refractivity (Wildman–Crippen MR) is 128 cm³/mol. The largest absolute Gasteiger partial charge is 0.480 e. The van der Waals surface area contributed by atoms with Crippen molar-refractivity contribution in [3.63, 3.8) is 0 Å². The van der Waals surface area contributed by atoms with Gasteiger partial charge in [0, 0.05) is 12.1 Å². The number of carbonyl (C=O) groups is 1. The normalized spacial score (nSPS) is 27.9. The molecule has 1 aliphatic heterocycles. The molecule has 1 aromatic carbocycles. The third kappa shape index (κ3) is 3.76. The molecular formula is C26H35N5O2. The van der Waals surface area contributed by atoms with E-state index in [1.54, 1.807) is 19.5 Å². The number of benzene rings is 1. The Bertz CT molecular complexity index is 966. The lowest BCUT2D eigenvalue weighted by Gasteiger charge is -2.51. The summed E-state index contributed by atoms with van der Waals surface area (Å²) in [4.78, 5) is 28.9. The van der Waals surface area contributed by atoms with Crippen molar-refractivity contribution in [1.82, 2.24) is 19.8 Å². The number of ether oxygens (including phenoxy) is 1. The number of aromatic nitrogens is 2. The molecule has 176 valence electrons. The van der Waals surface area contributed by atoms with Gasteiger partial charge in [-0.1, -0.05) is 36.8 Å². The number of nitrogens with zero attached hydrogens (tertiary/aromatic N) is 5. The SMILES string of the molecule is COc1cnc(N2C[C@]3(CC[C@](c4ccccc4)(N(C)C)CC3)N(CC3CCC3)C2=O)cn1. The first-order valence-corrected chi connectivity index (χ1v) is 12.2. The smallest absolute Gasteiger partial charge is 0.326 e. The van der Waals surface area contributed by atoms with Crippen molar-refractivity contribution in [3.05, 3.63) is 48.3 Å². The summed E-state index contributed by atoms with van der Waals surface area (Å²) in [6.45, 7) is 1.54. The molecule has 3 aliphatic rings. The van der Waals surface area contributed by atoms with Gasteiger partial charge < -0.3 is 9.64 Å². The molecule has 2 heterocycles. The van der Waals surface area contributed by atoms with E-state index in [0.717, 1.165) is 32.2 Å². The topological polar surface area (TPSA) is 61.8 Å². The summed E-state index contributed by atoms with van der Waals surface area (Å²) in [5, 5.41) is 0. The van der Waals surface area contributed by atoms with Crippen LogP contribution in [0, 0.1) is 5.92 Å². The summed E-state index contributed by atoms with van der Waals surface area (Å²) < 4.78 is 5.16. The Morgan fingerprint density at radius 2 is 1.79 bits per heavy atom. The van der Waals surface area contributed by atoms with E-state index in [1.165, 1.54) is 24.8 Å². The molecule has 1 spiro atoms. The van der Waals surface area contributed by atoms with E-state index < -0.39 is 0 Å².